The van der Waals surface area contributed by atoms with Gasteiger partial charge in [-0.3, -0.25) is 4.79 Å². The van der Waals surface area contributed by atoms with Gasteiger partial charge >= 0.3 is 0 Å². The van der Waals surface area contributed by atoms with E-state index in [4.69, 9.17) is 0 Å². The number of hydrogen-bond acceptors (Lipinski definition) is 4. The van der Waals surface area contributed by atoms with Crippen molar-refractivity contribution < 1.29 is 13.2 Å². The Hall–Kier alpha value is -0.440. The van der Waals surface area contributed by atoms with Crippen molar-refractivity contribution in [1.29, 1.82) is 0 Å². The number of nitrogens with zero attached hydrogens (tertiary/aromatic N) is 2. The first-order chi connectivity index (χ1) is 11.1. The zero-order valence-corrected chi connectivity index (χ0v) is 17.7. The molecule has 1 aromatic rings. The Balaban J connectivity index is 2.18. The van der Waals surface area contributed by atoms with E-state index in [1.54, 1.807) is 12.1 Å². The summed E-state index contributed by atoms with van der Waals surface area (Å²) in [7, 11) is -3.52. The molecule has 2 heterocycles. The minimum atomic E-state index is -3.52. The van der Waals surface area contributed by atoms with Gasteiger partial charge in [-0.2, -0.15) is 4.31 Å². The molecule has 0 aliphatic carbocycles. The molecule has 1 aromatic heterocycles. The van der Waals surface area contributed by atoms with Crippen LogP contribution in [0, 0.1) is 5.92 Å². The molecule has 0 aromatic carbocycles. The molecule has 1 aliphatic rings. The number of carbonyl (C=O) groups is 1. The van der Waals surface area contributed by atoms with E-state index < -0.39 is 10.0 Å². The van der Waals surface area contributed by atoms with Gasteiger partial charge in [0.2, 0.25) is 5.91 Å². The van der Waals surface area contributed by atoms with Gasteiger partial charge in [-0.15, -0.1) is 11.3 Å². The summed E-state index contributed by atoms with van der Waals surface area (Å²) < 4.78 is 28.2. The lowest BCUT2D eigenvalue weighted by Gasteiger charge is -2.37. The summed E-state index contributed by atoms with van der Waals surface area (Å²) in [6, 6.07) is 3.57. The van der Waals surface area contributed by atoms with Gasteiger partial charge in [0.05, 0.1) is 9.70 Å². The maximum Gasteiger partial charge on any atom is 0.252 e. The average molecular weight is 437 g/mol. The highest BCUT2D eigenvalue weighted by atomic mass is 79.9. The molecule has 0 saturated carbocycles. The lowest BCUT2D eigenvalue weighted by molar-refractivity contribution is -0.140. The molecule has 0 spiro atoms. The number of carbonyl (C=O) groups excluding carboxylic acids is 1. The molecule has 8 heteroatoms. The molecule has 1 unspecified atom stereocenters. The number of thiophene rings is 1. The van der Waals surface area contributed by atoms with E-state index >= 15 is 0 Å². The van der Waals surface area contributed by atoms with Crippen LogP contribution in [0.5, 0.6) is 0 Å². The zero-order valence-electron chi connectivity index (χ0n) is 14.5. The van der Waals surface area contributed by atoms with Crippen LogP contribution in [0.1, 0.15) is 40.5 Å². The summed E-state index contributed by atoms with van der Waals surface area (Å²) in [5, 5.41) is 0. The standard InChI is InChI=1S/C16H25BrN2O3S2/c1-11(2)19(12(3)4)16(20)13-6-5-9-18(10-13)24(21,22)15-8-7-14(17)23-15/h7-8,11-13H,5-6,9-10H2,1-4H3. The molecule has 1 fully saturated rings. The monoisotopic (exact) mass is 436 g/mol. The largest absolute Gasteiger partial charge is 0.338 e. The van der Waals surface area contributed by atoms with Crippen molar-refractivity contribution in [3.63, 3.8) is 0 Å². The number of rotatable bonds is 5. The van der Waals surface area contributed by atoms with E-state index in [1.165, 1.54) is 15.6 Å². The number of halogens is 1. The highest BCUT2D eigenvalue weighted by molar-refractivity contribution is 9.11. The van der Waals surface area contributed by atoms with Crippen LogP contribution in [-0.2, 0) is 14.8 Å². The molecule has 24 heavy (non-hydrogen) atoms. The third-order valence-corrected chi connectivity index (χ3v) is 8.20. The van der Waals surface area contributed by atoms with Crippen molar-refractivity contribution in [2.45, 2.75) is 56.8 Å². The third-order valence-electron chi connectivity index (χ3n) is 4.24. The topological polar surface area (TPSA) is 57.7 Å². The lowest BCUT2D eigenvalue weighted by atomic mass is 9.97. The summed E-state index contributed by atoms with van der Waals surface area (Å²) in [5.74, 6) is -0.200. The van der Waals surface area contributed by atoms with Crippen molar-refractivity contribution in [3.8, 4) is 0 Å². The van der Waals surface area contributed by atoms with E-state index in [1.807, 2.05) is 32.6 Å². The van der Waals surface area contributed by atoms with Crippen LogP contribution in [0.3, 0.4) is 0 Å². The van der Waals surface area contributed by atoms with Gasteiger partial charge in [0.15, 0.2) is 0 Å². The Bertz CT molecular complexity index is 677. The first-order valence-corrected chi connectivity index (χ1v) is 11.3. The first-order valence-electron chi connectivity index (χ1n) is 8.22. The highest BCUT2D eigenvalue weighted by Crippen LogP contribution is 2.31. The molecule has 1 saturated heterocycles. The fraction of sp³-hybridized carbons (Fsp3) is 0.688. The van der Waals surface area contributed by atoms with Crippen LogP contribution in [0.25, 0.3) is 0 Å². The van der Waals surface area contributed by atoms with E-state index in [0.29, 0.717) is 17.2 Å². The van der Waals surface area contributed by atoms with Crippen molar-refractivity contribution in [2.75, 3.05) is 13.1 Å². The Morgan fingerprint density at radius 2 is 1.92 bits per heavy atom. The van der Waals surface area contributed by atoms with Crippen molar-refractivity contribution >= 4 is 43.2 Å². The highest BCUT2D eigenvalue weighted by Gasteiger charge is 2.36. The second-order valence-electron chi connectivity index (χ2n) is 6.69. The Kier molecular flexibility index (Phi) is 6.50. The minimum absolute atomic E-state index is 0.0623. The predicted molar refractivity (Wildman–Crippen MR) is 101 cm³/mol. The van der Waals surface area contributed by atoms with Gasteiger partial charge in [-0.05, 0) is 68.6 Å². The number of piperidine rings is 1. The van der Waals surface area contributed by atoms with Crippen LogP contribution in [0.4, 0.5) is 0 Å². The van der Waals surface area contributed by atoms with Gasteiger partial charge in [0.1, 0.15) is 4.21 Å². The van der Waals surface area contributed by atoms with Crippen LogP contribution in [0.2, 0.25) is 0 Å². The molecule has 1 aliphatic heterocycles. The van der Waals surface area contributed by atoms with Gasteiger partial charge in [-0.1, -0.05) is 0 Å². The smallest absolute Gasteiger partial charge is 0.252 e. The van der Waals surface area contributed by atoms with E-state index in [9.17, 15) is 13.2 Å². The second-order valence-corrected chi connectivity index (χ2v) is 11.3. The van der Waals surface area contributed by atoms with Gasteiger partial charge in [0, 0.05) is 25.2 Å². The van der Waals surface area contributed by atoms with Crippen LogP contribution in [0.15, 0.2) is 20.1 Å². The Labute approximate surface area is 157 Å². The minimum Gasteiger partial charge on any atom is -0.338 e. The maximum atomic E-state index is 12.9. The molecule has 1 amide bonds. The first kappa shape index (κ1) is 19.9. The van der Waals surface area contributed by atoms with Gasteiger partial charge < -0.3 is 4.90 Å². The zero-order chi connectivity index (χ0) is 18.1. The summed E-state index contributed by atoms with van der Waals surface area (Å²) in [4.78, 5) is 14.8. The van der Waals surface area contributed by atoms with E-state index in [0.717, 1.165) is 10.2 Å². The molecular formula is C16H25BrN2O3S2. The summed E-state index contributed by atoms with van der Waals surface area (Å²) in [5.41, 5.74) is 0. The summed E-state index contributed by atoms with van der Waals surface area (Å²) in [6.45, 7) is 8.74. The molecule has 5 nitrogen and oxygen atoms in total. The van der Waals surface area contributed by atoms with Crippen molar-refractivity contribution in [2.24, 2.45) is 5.92 Å². The van der Waals surface area contributed by atoms with Crippen molar-refractivity contribution in [1.82, 2.24) is 9.21 Å². The molecule has 0 bridgehead atoms. The molecule has 136 valence electrons. The van der Waals surface area contributed by atoms with E-state index in [-0.39, 0.29) is 30.5 Å². The SMILES string of the molecule is CC(C)N(C(=O)C1CCCN(S(=O)(=O)c2ccc(Br)s2)C1)C(C)C. The van der Waals surface area contributed by atoms with Gasteiger partial charge in [-0.25, -0.2) is 8.42 Å². The molecular weight excluding hydrogens is 412 g/mol. The number of amides is 1. The van der Waals surface area contributed by atoms with Crippen LogP contribution in [-0.4, -0.2) is 48.7 Å². The average Bonchev–Trinajstić information content (AvgIpc) is 2.94. The second kappa shape index (κ2) is 7.85. The van der Waals surface area contributed by atoms with Gasteiger partial charge in [0.25, 0.3) is 10.0 Å². The number of sulfonamides is 1. The molecule has 1 atom stereocenters. The fourth-order valence-electron chi connectivity index (χ4n) is 3.24. The molecule has 0 radical (unpaired) electrons. The molecule has 0 N–H and O–H groups in total. The third kappa shape index (κ3) is 4.20. The van der Waals surface area contributed by atoms with Crippen LogP contribution >= 0.6 is 27.3 Å². The molecule has 2 rings (SSSR count). The maximum absolute atomic E-state index is 12.9. The summed E-state index contributed by atoms with van der Waals surface area (Å²) >= 11 is 4.52. The van der Waals surface area contributed by atoms with E-state index in [2.05, 4.69) is 15.9 Å². The Morgan fingerprint density at radius 1 is 1.29 bits per heavy atom. The fourth-order valence-corrected chi connectivity index (χ4v) is 6.93. The normalized spacial score (nSPS) is 19.9. The quantitative estimate of drug-likeness (QED) is 0.708. The number of hydrogen-bond donors (Lipinski definition) is 0. The predicted octanol–water partition coefficient (Wildman–Crippen LogP) is 3.56. The summed E-state index contributed by atoms with van der Waals surface area (Å²) in [6.07, 6.45) is 1.46. The lowest BCUT2D eigenvalue weighted by Crippen LogP contribution is -2.50. The van der Waals surface area contributed by atoms with Crippen molar-refractivity contribution in [3.05, 3.63) is 15.9 Å². The Morgan fingerprint density at radius 3 is 2.42 bits per heavy atom. The van der Waals surface area contributed by atoms with Crippen LogP contribution < -0.4 is 0 Å².